The molecule has 5 heteroatoms. The lowest BCUT2D eigenvalue weighted by Crippen LogP contribution is -2.16. The van der Waals surface area contributed by atoms with E-state index in [2.05, 4.69) is 17.2 Å². The van der Waals surface area contributed by atoms with Gasteiger partial charge < -0.3 is 11.1 Å². The second-order valence-corrected chi connectivity index (χ2v) is 4.45. The highest BCUT2D eigenvalue weighted by molar-refractivity contribution is 6.07. The molecular weight excluding hydrogens is 257 g/mol. The van der Waals surface area contributed by atoms with Crippen LogP contribution >= 0.6 is 0 Å². The Balaban J connectivity index is 2.26. The summed E-state index contributed by atoms with van der Waals surface area (Å²) in [6, 6.07) is 8.60. The molecule has 2 aromatic rings. The molecule has 0 spiro atoms. The minimum absolute atomic E-state index is 0.0110. The number of carbonyl (C=O) groups is 1. The third-order valence-electron chi connectivity index (χ3n) is 2.91. The van der Waals surface area contributed by atoms with Crippen molar-refractivity contribution in [3.8, 4) is 0 Å². The lowest BCUT2D eigenvalue weighted by molar-refractivity contribution is 0.102. The van der Waals surface area contributed by atoms with Gasteiger partial charge in [-0.15, -0.1) is 0 Å². The van der Waals surface area contributed by atoms with E-state index in [-0.39, 0.29) is 11.4 Å². The summed E-state index contributed by atoms with van der Waals surface area (Å²) in [6.45, 7) is 2.06. The second-order valence-electron chi connectivity index (χ2n) is 4.45. The first-order valence-corrected chi connectivity index (χ1v) is 6.42. The highest BCUT2D eigenvalue weighted by Gasteiger charge is 2.13. The van der Waals surface area contributed by atoms with Crippen LogP contribution in [0.15, 0.2) is 36.5 Å². The number of anilines is 2. The molecule has 0 aliphatic heterocycles. The zero-order chi connectivity index (χ0) is 14.5. The molecule has 20 heavy (non-hydrogen) atoms. The molecule has 4 nitrogen and oxygen atoms in total. The lowest BCUT2D eigenvalue weighted by atomic mass is 10.1. The fourth-order valence-electron chi connectivity index (χ4n) is 1.95. The molecule has 0 aliphatic rings. The molecule has 0 unspecified atom stereocenters. The predicted octanol–water partition coefficient (Wildman–Crippen LogP) is 3.01. The summed E-state index contributed by atoms with van der Waals surface area (Å²) < 4.78 is 13.1. The number of hydrogen-bond acceptors (Lipinski definition) is 3. The van der Waals surface area contributed by atoms with E-state index in [4.69, 9.17) is 5.73 Å². The minimum atomic E-state index is -0.591. The van der Waals surface area contributed by atoms with E-state index >= 15 is 0 Å². The number of aryl methyl sites for hydroxylation is 1. The number of nitrogens with zero attached hydrogens (tertiary/aromatic N) is 1. The van der Waals surface area contributed by atoms with Gasteiger partial charge in [-0.3, -0.25) is 4.79 Å². The van der Waals surface area contributed by atoms with Crippen molar-refractivity contribution in [2.75, 3.05) is 11.1 Å². The van der Waals surface area contributed by atoms with Gasteiger partial charge in [0, 0.05) is 5.69 Å². The molecular formula is C15H16FN3O. The first-order valence-electron chi connectivity index (χ1n) is 6.42. The van der Waals surface area contributed by atoms with E-state index in [1.165, 1.54) is 0 Å². The summed E-state index contributed by atoms with van der Waals surface area (Å²) in [5, 5.41) is 2.75. The lowest BCUT2D eigenvalue weighted by Gasteiger charge is -2.11. The fourth-order valence-corrected chi connectivity index (χ4v) is 1.95. The molecule has 104 valence electrons. The van der Waals surface area contributed by atoms with E-state index in [1.54, 1.807) is 0 Å². The first-order chi connectivity index (χ1) is 9.61. The number of pyridine rings is 1. The second kappa shape index (κ2) is 6.14. The smallest absolute Gasteiger partial charge is 0.259 e. The average Bonchev–Trinajstić information content (AvgIpc) is 2.44. The van der Waals surface area contributed by atoms with E-state index in [9.17, 15) is 9.18 Å². The average molecular weight is 273 g/mol. The van der Waals surface area contributed by atoms with Gasteiger partial charge in [0.1, 0.15) is 11.6 Å². The Kier molecular flexibility index (Phi) is 4.30. The van der Waals surface area contributed by atoms with Crippen LogP contribution in [0.3, 0.4) is 0 Å². The van der Waals surface area contributed by atoms with E-state index in [0.29, 0.717) is 5.69 Å². The van der Waals surface area contributed by atoms with Crippen molar-refractivity contribution < 1.29 is 9.18 Å². The Morgan fingerprint density at radius 2 is 2.15 bits per heavy atom. The summed E-state index contributed by atoms with van der Waals surface area (Å²) in [6.07, 6.45) is 2.81. The number of rotatable bonds is 4. The molecule has 0 atom stereocenters. The van der Waals surface area contributed by atoms with E-state index in [1.807, 2.05) is 24.3 Å². The normalized spacial score (nSPS) is 10.3. The number of benzene rings is 1. The van der Waals surface area contributed by atoms with Crippen LogP contribution < -0.4 is 11.1 Å². The van der Waals surface area contributed by atoms with Crippen molar-refractivity contribution in [1.29, 1.82) is 0 Å². The molecule has 0 bridgehead atoms. The van der Waals surface area contributed by atoms with Crippen LogP contribution in [0.5, 0.6) is 0 Å². The quantitative estimate of drug-likeness (QED) is 0.899. The zero-order valence-electron chi connectivity index (χ0n) is 11.2. The van der Waals surface area contributed by atoms with Crippen molar-refractivity contribution in [2.45, 2.75) is 19.8 Å². The summed E-state index contributed by atoms with van der Waals surface area (Å²) in [5.74, 6) is -1.04. The van der Waals surface area contributed by atoms with Crippen LogP contribution in [0, 0.1) is 5.82 Å². The molecule has 1 aromatic heterocycles. The number of halogens is 1. The molecule has 0 saturated carbocycles. The molecule has 0 fully saturated rings. The van der Waals surface area contributed by atoms with Gasteiger partial charge in [0.15, 0.2) is 0 Å². The van der Waals surface area contributed by atoms with Crippen molar-refractivity contribution in [3.05, 3.63) is 53.5 Å². The van der Waals surface area contributed by atoms with E-state index in [0.717, 1.165) is 30.7 Å². The highest BCUT2D eigenvalue weighted by atomic mass is 19.1. The van der Waals surface area contributed by atoms with Crippen LogP contribution in [0.25, 0.3) is 0 Å². The Hall–Kier alpha value is -2.43. The number of nitrogens with two attached hydrogens (primary N) is 1. The van der Waals surface area contributed by atoms with Crippen molar-refractivity contribution >= 4 is 17.4 Å². The van der Waals surface area contributed by atoms with Crippen molar-refractivity contribution in [3.63, 3.8) is 0 Å². The molecule has 1 aromatic carbocycles. The van der Waals surface area contributed by atoms with Gasteiger partial charge in [-0.05, 0) is 24.1 Å². The maximum atomic E-state index is 13.1. The maximum absolute atomic E-state index is 13.1. The summed E-state index contributed by atoms with van der Waals surface area (Å²) in [5.41, 5.74) is 7.39. The number of nitrogens with one attached hydrogen (secondary N) is 1. The molecule has 2 rings (SSSR count). The molecule has 0 saturated heterocycles. The SMILES string of the molecule is CCCc1ccccc1NC(=O)c1cc(F)cnc1N. The van der Waals surface area contributed by atoms with Gasteiger partial charge in [0.05, 0.1) is 11.8 Å². The van der Waals surface area contributed by atoms with E-state index < -0.39 is 11.7 Å². The molecule has 1 amide bonds. The Labute approximate surface area is 116 Å². The van der Waals surface area contributed by atoms with Gasteiger partial charge in [-0.25, -0.2) is 9.37 Å². The largest absolute Gasteiger partial charge is 0.383 e. The Bertz CT molecular complexity index is 628. The first kappa shape index (κ1) is 14.0. The van der Waals surface area contributed by atoms with Gasteiger partial charge >= 0.3 is 0 Å². The number of amides is 1. The zero-order valence-corrected chi connectivity index (χ0v) is 11.2. The predicted molar refractivity (Wildman–Crippen MR) is 77.0 cm³/mol. The number of aromatic nitrogens is 1. The van der Waals surface area contributed by atoms with Gasteiger partial charge in [0.2, 0.25) is 0 Å². The Morgan fingerprint density at radius 3 is 2.90 bits per heavy atom. The molecule has 0 radical (unpaired) electrons. The Morgan fingerprint density at radius 1 is 1.40 bits per heavy atom. The third kappa shape index (κ3) is 3.12. The van der Waals surface area contributed by atoms with Crippen LogP contribution in [0.4, 0.5) is 15.9 Å². The molecule has 3 N–H and O–H groups in total. The molecule has 0 aliphatic carbocycles. The number of para-hydroxylation sites is 1. The summed E-state index contributed by atoms with van der Waals surface area (Å²) in [7, 11) is 0. The fraction of sp³-hybridized carbons (Fsp3) is 0.200. The molecule has 1 heterocycles. The minimum Gasteiger partial charge on any atom is -0.383 e. The number of nitrogen functional groups attached to an aromatic ring is 1. The topological polar surface area (TPSA) is 68.0 Å². The monoisotopic (exact) mass is 273 g/mol. The van der Waals surface area contributed by atoms with Crippen LogP contribution in [-0.2, 0) is 6.42 Å². The van der Waals surface area contributed by atoms with Crippen LogP contribution in [0.1, 0.15) is 29.3 Å². The highest BCUT2D eigenvalue weighted by Crippen LogP contribution is 2.19. The maximum Gasteiger partial charge on any atom is 0.259 e. The standard InChI is InChI=1S/C15H16FN3O/c1-2-5-10-6-3-4-7-13(10)19-15(20)12-8-11(16)9-18-14(12)17/h3-4,6-9H,2,5H2,1H3,(H2,17,18)(H,19,20). The van der Waals surface area contributed by atoms with Crippen LogP contribution in [-0.4, -0.2) is 10.9 Å². The van der Waals surface area contributed by atoms with Gasteiger partial charge in [-0.1, -0.05) is 31.5 Å². The van der Waals surface area contributed by atoms with Gasteiger partial charge in [0.25, 0.3) is 5.91 Å². The van der Waals surface area contributed by atoms with Gasteiger partial charge in [-0.2, -0.15) is 0 Å². The summed E-state index contributed by atoms with van der Waals surface area (Å²) >= 11 is 0. The van der Waals surface area contributed by atoms with Crippen molar-refractivity contribution in [1.82, 2.24) is 4.98 Å². The summed E-state index contributed by atoms with van der Waals surface area (Å²) in [4.78, 5) is 15.8. The number of carbonyl (C=O) groups excluding carboxylic acids is 1. The number of hydrogen-bond donors (Lipinski definition) is 2. The third-order valence-corrected chi connectivity index (χ3v) is 2.91. The van der Waals surface area contributed by atoms with Crippen molar-refractivity contribution in [2.24, 2.45) is 0 Å². The van der Waals surface area contributed by atoms with Crippen LogP contribution in [0.2, 0.25) is 0 Å².